The van der Waals surface area contributed by atoms with Crippen LogP contribution in [0.3, 0.4) is 0 Å². The van der Waals surface area contributed by atoms with Crippen molar-refractivity contribution in [2.45, 2.75) is 0 Å². The highest BCUT2D eigenvalue weighted by Gasteiger charge is 2.09. The number of benzene rings is 2. The average Bonchev–Trinajstić information content (AvgIpc) is 2.32. The van der Waals surface area contributed by atoms with Crippen molar-refractivity contribution in [3.63, 3.8) is 0 Å². The Hall–Kier alpha value is -1.04. The van der Waals surface area contributed by atoms with Crippen LogP contribution < -0.4 is 11.1 Å². The van der Waals surface area contributed by atoms with Crippen LogP contribution in [0.5, 0.6) is 0 Å². The predicted octanol–water partition coefficient (Wildman–Crippen LogP) is 4.70. The van der Waals surface area contributed by atoms with Gasteiger partial charge in [0.2, 0.25) is 0 Å². The molecule has 98 valence electrons. The minimum absolute atomic E-state index is 0.220. The van der Waals surface area contributed by atoms with E-state index < -0.39 is 0 Å². The van der Waals surface area contributed by atoms with Crippen molar-refractivity contribution in [3.8, 4) is 0 Å². The molecule has 6 heteroatoms. The minimum atomic E-state index is -0.220. The van der Waals surface area contributed by atoms with Crippen LogP contribution in [0.1, 0.15) is 10.4 Å². The molecule has 2 aromatic rings. The highest BCUT2D eigenvalue weighted by atomic mass is 79.9. The molecule has 0 spiro atoms. The standard InChI is InChI=1S/C13H9Br2ClN2O/c14-8-3-7(4-9(15)5-8)13(19)18-10-1-2-12(17)11(16)6-10/h1-6H,17H2,(H,18,19). The van der Waals surface area contributed by atoms with Crippen LogP contribution in [0.2, 0.25) is 5.02 Å². The number of rotatable bonds is 2. The van der Waals surface area contributed by atoms with Gasteiger partial charge in [-0.1, -0.05) is 43.5 Å². The topological polar surface area (TPSA) is 55.1 Å². The molecular weight excluding hydrogens is 395 g/mol. The molecule has 0 atom stereocenters. The van der Waals surface area contributed by atoms with Gasteiger partial charge in [-0.25, -0.2) is 0 Å². The van der Waals surface area contributed by atoms with Gasteiger partial charge in [-0.15, -0.1) is 0 Å². The average molecular weight is 404 g/mol. The summed E-state index contributed by atoms with van der Waals surface area (Å²) in [5, 5.41) is 3.17. The Kier molecular flexibility index (Phi) is 4.50. The summed E-state index contributed by atoms with van der Waals surface area (Å²) in [5.41, 5.74) is 7.22. The maximum Gasteiger partial charge on any atom is 0.255 e. The maximum atomic E-state index is 12.1. The number of nitrogen functional groups attached to an aromatic ring is 1. The second-order valence-corrected chi connectivity index (χ2v) is 6.09. The Morgan fingerprint density at radius 3 is 2.32 bits per heavy atom. The molecule has 0 unspecified atom stereocenters. The number of carbonyl (C=O) groups excluding carboxylic acids is 1. The summed E-state index contributed by atoms with van der Waals surface area (Å²) in [6, 6.07) is 10.3. The van der Waals surface area contributed by atoms with E-state index in [1.54, 1.807) is 30.3 Å². The molecule has 3 nitrogen and oxygen atoms in total. The fraction of sp³-hybridized carbons (Fsp3) is 0. The molecule has 19 heavy (non-hydrogen) atoms. The second-order valence-electron chi connectivity index (χ2n) is 3.85. The van der Waals surface area contributed by atoms with Gasteiger partial charge in [0.15, 0.2) is 0 Å². The quantitative estimate of drug-likeness (QED) is 0.713. The third kappa shape index (κ3) is 3.72. The van der Waals surface area contributed by atoms with Crippen LogP contribution in [0.4, 0.5) is 11.4 Å². The largest absolute Gasteiger partial charge is 0.398 e. The molecule has 3 N–H and O–H groups in total. The number of hydrogen-bond donors (Lipinski definition) is 2. The molecule has 0 bridgehead atoms. The van der Waals surface area contributed by atoms with E-state index in [1.807, 2.05) is 6.07 Å². The van der Waals surface area contributed by atoms with Gasteiger partial charge < -0.3 is 11.1 Å². The van der Waals surface area contributed by atoms with Gasteiger partial charge in [0.05, 0.1) is 10.7 Å². The number of nitrogens with two attached hydrogens (primary N) is 1. The molecule has 0 saturated heterocycles. The van der Waals surface area contributed by atoms with Gasteiger partial charge in [0.1, 0.15) is 0 Å². The van der Waals surface area contributed by atoms with Crippen molar-refractivity contribution in [2.75, 3.05) is 11.1 Å². The molecule has 0 aliphatic carbocycles. The van der Waals surface area contributed by atoms with Gasteiger partial charge in [-0.2, -0.15) is 0 Å². The summed E-state index contributed by atoms with van der Waals surface area (Å²) in [6.07, 6.45) is 0. The van der Waals surface area contributed by atoms with Gasteiger partial charge in [0.25, 0.3) is 5.91 Å². The van der Waals surface area contributed by atoms with Gasteiger partial charge in [-0.05, 0) is 36.4 Å². The fourth-order valence-corrected chi connectivity index (χ4v) is 2.97. The Morgan fingerprint density at radius 1 is 1.11 bits per heavy atom. The molecular formula is C13H9Br2ClN2O. The fourth-order valence-electron chi connectivity index (χ4n) is 1.49. The molecule has 0 fully saturated rings. The number of anilines is 2. The lowest BCUT2D eigenvalue weighted by Crippen LogP contribution is -2.12. The molecule has 0 heterocycles. The summed E-state index contributed by atoms with van der Waals surface area (Å²) < 4.78 is 1.64. The first kappa shape index (κ1) is 14.4. The van der Waals surface area contributed by atoms with Crippen LogP contribution in [-0.4, -0.2) is 5.91 Å². The zero-order chi connectivity index (χ0) is 14.0. The van der Waals surface area contributed by atoms with Crippen molar-refractivity contribution in [1.82, 2.24) is 0 Å². The van der Waals surface area contributed by atoms with E-state index in [-0.39, 0.29) is 5.91 Å². The molecule has 0 aliphatic heterocycles. The zero-order valence-electron chi connectivity index (χ0n) is 9.58. The van der Waals surface area contributed by atoms with Crippen LogP contribution in [0, 0.1) is 0 Å². The van der Waals surface area contributed by atoms with E-state index in [4.69, 9.17) is 17.3 Å². The summed E-state index contributed by atoms with van der Waals surface area (Å²) in [5.74, 6) is -0.220. The molecule has 0 radical (unpaired) electrons. The second kappa shape index (κ2) is 5.94. The van der Waals surface area contributed by atoms with Gasteiger partial charge in [0, 0.05) is 20.2 Å². The van der Waals surface area contributed by atoms with Crippen LogP contribution in [-0.2, 0) is 0 Å². The number of nitrogens with one attached hydrogen (secondary N) is 1. The predicted molar refractivity (Wildman–Crippen MR) is 85.7 cm³/mol. The number of carbonyl (C=O) groups is 1. The molecule has 2 rings (SSSR count). The molecule has 2 aromatic carbocycles. The number of halogens is 3. The lowest BCUT2D eigenvalue weighted by atomic mass is 10.2. The first-order chi connectivity index (χ1) is 8.95. The Balaban J connectivity index is 2.22. The summed E-state index contributed by atoms with van der Waals surface area (Å²) in [4.78, 5) is 12.1. The van der Waals surface area contributed by atoms with Crippen molar-refractivity contribution < 1.29 is 4.79 Å². The monoisotopic (exact) mass is 402 g/mol. The van der Waals surface area contributed by atoms with E-state index in [9.17, 15) is 4.79 Å². The lowest BCUT2D eigenvalue weighted by Gasteiger charge is -2.07. The summed E-state index contributed by atoms with van der Waals surface area (Å²) in [7, 11) is 0. The van der Waals surface area contributed by atoms with Crippen molar-refractivity contribution in [1.29, 1.82) is 0 Å². The first-order valence-electron chi connectivity index (χ1n) is 5.28. The molecule has 0 aliphatic rings. The molecule has 0 saturated carbocycles. The third-order valence-corrected chi connectivity index (χ3v) is 3.63. The van der Waals surface area contributed by atoms with Crippen molar-refractivity contribution >= 4 is 60.7 Å². The Labute approximate surface area is 132 Å². The normalized spacial score (nSPS) is 10.3. The van der Waals surface area contributed by atoms with Gasteiger partial charge in [-0.3, -0.25) is 4.79 Å². The van der Waals surface area contributed by atoms with E-state index >= 15 is 0 Å². The van der Waals surface area contributed by atoms with Crippen molar-refractivity contribution in [2.24, 2.45) is 0 Å². The zero-order valence-corrected chi connectivity index (χ0v) is 13.5. The number of hydrogen-bond acceptors (Lipinski definition) is 2. The summed E-state index contributed by atoms with van der Waals surface area (Å²) in [6.45, 7) is 0. The highest BCUT2D eigenvalue weighted by Crippen LogP contribution is 2.24. The van der Waals surface area contributed by atoms with Crippen LogP contribution >= 0.6 is 43.5 Å². The molecule has 0 aromatic heterocycles. The van der Waals surface area contributed by atoms with Crippen molar-refractivity contribution in [3.05, 3.63) is 55.9 Å². The van der Waals surface area contributed by atoms with E-state index in [2.05, 4.69) is 37.2 Å². The molecule has 1 amide bonds. The maximum absolute atomic E-state index is 12.1. The van der Waals surface area contributed by atoms with Gasteiger partial charge >= 0.3 is 0 Å². The smallest absolute Gasteiger partial charge is 0.255 e. The van der Waals surface area contributed by atoms with Crippen LogP contribution in [0.25, 0.3) is 0 Å². The van der Waals surface area contributed by atoms with Crippen LogP contribution in [0.15, 0.2) is 45.3 Å². The Bertz CT molecular complexity index is 626. The lowest BCUT2D eigenvalue weighted by molar-refractivity contribution is 0.102. The first-order valence-corrected chi connectivity index (χ1v) is 7.24. The van der Waals surface area contributed by atoms with E-state index in [0.717, 1.165) is 8.95 Å². The van der Waals surface area contributed by atoms with E-state index in [1.165, 1.54) is 0 Å². The third-order valence-electron chi connectivity index (χ3n) is 2.38. The highest BCUT2D eigenvalue weighted by molar-refractivity contribution is 9.11. The number of amides is 1. The minimum Gasteiger partial charge on any atom is -0.398 e. The summed E-state index contributed by atoms with van der Waals surface area (Å²) >= 11 is 12.6. The SMILES string of the molecule is Nc1ccc(NC(=O)c2cc(Br)cc(Br)c2)cc1Cl. The Morgan fingerprint density at radius 2 is 1.74 bits per heavy atom. The van der Waals surface area contributed by atoms with E-state index in [0.29, 0.717) is 22.0 Å².